The van der Waals surface area contributed by atoms with Crippen LogP contribution in [0.5, 0.6) is 0 Å². The van der Waals surface area contributed by atoms with Crippen molar-refractivity contribution in [3.05, 3.63) is 23.8 Å². The molecule has 128 valence electrons. The van der Waals surface area contributed by atoms with Crippen LogP contribution in [0.3, 0.4) is 0 Å². The van der Waals surface area contributed by atoms with Crippen molar-refractivity contribution < 1.29 is 29.4 Å². The zero-order chi connectivity index (χ0) is 17.9. The van der Waals surface area contributed by atoms with E-state index in [9.17, 15) is 24.3 Å². The molecule has 1 aromatic carbocycles. The van der Waals surface area contributed by atoms with Crippen LogP contribution in [0.4, 0.5) is 11.4 Å². The maximum atomic E-state index is 12.1. The third-order valence-electron chi connectivity index (χ3n) is 3.99. The number of anilines is 2. The quantitative estimate of drug-likeness (QED) is 0.720. The minimum atomic E-state index is -1.73. The molecule has 0 aromatic heterocycles. The molecule has 1 aliphatic carbocycles. The van der Waals surface area contributed by atoms with Gasteiger partial charge in [0.05, 0.1) is 11.4 Å². The van der Waals surface area contributed by atoms with Crippen molar-refractivity contribution in [3.8, 4) is 0 Å². The van der Waals surface area contributed by atoms with E-state index in [1.54, 1.807) is 0 Å². The lowest BCUT2D eigenvalue weighted by molar-refractivity contribution is -0.147. The van der Waals surface area contributed by atoms with Crippen LogP contribution in [0.15, 0.2) is 18.2 Å². The summed E-state index contributed by atoms with van der Waals surface area (Å²) in [6.45, 7) is 1.35. The predicted molar refractivity (Wildman–Crippen MR) is 85.1 cm³/mol. The summed E-state index contributed by atoms with van der Waals surface area (Å²) in [5.74, 6) is -4.72. The highest BCUT2D eigenvalue weighted by molar-refractivity contribution is 6.37. The number of amides is 2. The summed E-state index contributed by atoms with van der Waals surface area (Å²) in [6.07, 6.45) is 3.44. The molecule has 0 atom stereocenters. The van der Waals surface area contributed by atoms with Crippen molar-refractivity contribution in [2.24, 2.45) is 0 Å². The predicted octanol–water partition coefficient (Wildman–Crippen LogP) is 1.70. The standard InChI is InChI=1S/C16H18N2O6/c1-9(19)18(10-5-2-3-6-10)12-8-4-7-11(13(12)15(21)22)17-14(20)16(23)24/h4,7-8,10H,2-3,5-6H2,1H3,(H,17,20)(H,21,22)(H,23,24). The molecule has 24 heavy (non-hydrogen) atoms. The van der Waals surface area contributed by atoms with Crippen LogP contribution in [0.2, 0.25) is 0 Å². The number of aromatic carboxylic acids is 1. The zero-order valence-electron chi connectivity index (χ0n) is 13.1. The molecule has 0 unspecified atom stereocenters. The Morgan fingerprint density at radius 1 is 1.12 bits per heavy atom. The van der Waals surface area contributed by atoms with Gasteiger partial charge in [-0.25, -0.2) is 9.59 Å². The Labute approximate surface area is 138 Å². The van der Waals surface area contributed by atoms with Crippen LogP contribution < -0.4 is 10.2 Å². The number of carboxylic acids is 2. The summed E-state index contributed by atoms with van der Waals surface area (Å²) in [5, 5.41) is 20.3. The number of hydrogen-bond acceptors (Lipinski definition) is 4. The van der Waals surface area contributed by atoms with Crippen molar-refractivity contribution >= 4 is 35.1 Å². The fourth-order valence-electron chi connectivity index (χ4n) is 3.03. The highest BCUT2D eigenvalue weighted by Crippen LogP contribution is 2.34. The smallest absolute Gasteiger partial charge is 0.394 e. The summed E-state index contributed by atoms with van der Waals surface area (Å²) in [6, 6.07) is 4.15. The fraction of sp³-hybridized carbons (Fsp3) is 0.375. The van der Waals surface area contributed by atoms with E-state index in [-0.39, 0.29) is 28.9 Å². The molecule has 0 bridgehead atoms. The topological polar surface area (TPSA) is 124 Å². The van der Waals surface area contributed by atoms with Crippen molar-refractivity contribution in [1.82, 2.24) is 0 Å². The van der Waals surface area contributed by atoms with Crippen LogP contribution in [0, 0.1) is 0 Å². The molecule has 1 fully saturated rings. The third-order valence-corrected chi connectivity index (χ3v) is 3.99. The number of carboxylic acid groups (broad SMARTS) is 2. The van der Waals surface area contributed by atoms with E-state index < -0.39 is 17.8 Å². The van der Waals surface area contributed by atoms with Gasteiger partial charge < -0.3 is 20.4 Å². The first-order valence-electron chi connectivity index (χ1n) is 7.53. The Balaban J connectivity index is 2.51. The highest BCUT2D eigenvalue weighted by Gasteiger charge is 2.30. The normalized spacial score (nSPS) is 14.2. The van der Waals surface area contributed by atoms with Crippen LogP contribution in [0.25, 0.3) is 0 Å². The van der Waals surface area contributed by atoms with Gasteiger partial charge in [-0.2, -0.15) is 0 Å². The van der Waals surface area contributed by atoms with Crippen molar-refractivity contribution in [3.63, 3.8) is 0 Å². The lowest BCUT2D eigenvalue weighted by Crippen LogP contribution is -2.38. The van der Waals surface area contributed by atoms with Crippen molar-refractivity contribution in [2.75, 3.05) is 10.2 Å². The molecule has 1 aromatic rings. The largest absolute Gasteiger partial charge is 0.478 e. The third kappa shape index (κ3) is 3.53. The Kier molecular flexibility index (Phi) is 5.18. The maximum Gasteiger partial charge on any atom is 0.394 e. The molecule has 2 amide bonds. The van der Waals surface area contributed by atoms with Gasteiger partial charge in [-0.1, -0.05) is 18.9 Å². The molecule has 0 radical (unpaired) electrons. The van der Waals surface area contributed by atoms with Gasteiger partial charge in [0.15, 0.2) is 0 Å². The summed E-state index contributed by atoms with van der Waals surface area (Å²) >= 11 is 0. The Bertz CT molecular complexity index is 694. The molecule has 8 nitrogen and oxygen atoms in total. The van der Waals surface area contributed by atoms with Crippen LogP contribution in [-0.4, -0.2) is 40.0 Å². The fourth-order valence-corrected chi connectivity index (χ4v) is 3.03. The summed E-state index contributed by atoms with van der Waals surface area (Å²) in [7, 11) is 0. The number of nitrogens with zero attached hydrogens (tertiary/aromatic N) is 1. The molecule has 0 spiro atoms. The first kappa shape index (κ1) is 17.5. The average Bonchev–Trinajstić information content (AvgIpc) is 3.00. The summed E-state index contributed by atoms with van der Waals surface area (Å²) in [5.41, 5.74) is -0.295. The van der Waals surface area contributed by atoms with Crippen LogP contribution >= 0.6 is 0 Å². The number of hydrogen-bond donors (Lipinski definition) is 3. The molecule has 0 saturated heterocycles. The van der Waals surface area contributed by atoms with E-state index in [0.717, 1.165) is 25.7 Å². The van der Waals surface area contributed by atoms with Crippen LogP contribution in [0.1, 0.15) is 43.0 Å². The molecule has 0 heterocycles. The maximum absolute atomic E-state index is 12.1. The minimum absolute atomic E-state index is 0.106. The summed E-state index contributed by atoms with van der Waals surface area (Å²) < 4.78 is 0. The van der Waals surface area contributed by atoms with Gasteiger partial charge >= 0.3 is 17.8 Å². The van der Waals surface area contributed by atoms with Gasteiger partial charge in [-0.15, -0.1) is 0 Å². The van der Waals surface area contributed by atoms with Gasteiger partial charge in [0.25, 0.3) is 0 Å². The first-order valence-corrected chi connectivity index (χ1v) is 7.53. The van der Waals surface area contributed by atoms with E-state index in [1.807, 2.05) is 0 Å². The lowest BCUT2D eigenvalue weighted by Gasteiger charge is -2.29. The van der Waals surface area contributed by atoms with Gasteiger partial charge in [0.2, 0.25) is 5.91 Å². The minimum Gasteiger partial charge on any atom is -0.478 e. The molecule has 0 aliphatic heterocycles. The average molecular weight is 334 g/mol. The van der Waals surface area contributed by atoms with Gasteiger partial charge in [-0.3, -0.25) is 9.59 Å². The monoisotopic (exact) mass is 334 g/mol. The Morgan fingerprint density at radius 2 is 1.75 bits per heavy atom. The number of carbonyl (C=O) groups excluding carboxylic acids is 2. The van der Waals surface area contributed by atoms with E-state index in [0.29, 0.717) is 0 Å². The Morgan fingerprint density at radius 3 is 2.25 bits per heavy atom. The second-order valence-corrected chi connectivity index (χ2v) is 5.59. The van der Waals surface area contributed by atoms with Gasteiger partial charge in [-0.05, 0) is 25.0 Å². The van der Waals surface area contributed by atoms with E-state index in [1.165, 1.54) is 30.0 Å². The second kappa shape index (κ2) is 7.12. The van der Waals surface area contributed by atoms with E-state index in [2.05, 4.69) is 5.32 Å². The number of benzene rings is 1. The molecule has 3 N–H and O–H groups in total. The lowest BCUT2D eigenvalue weighted by atomic mass is 10.1. The van der Waals surface area contributed by atoms with E-state index in [4.69, 9.17) is 5.11 Å². The zero-order valence-corrected chi connectivity index (χ0v) is 13.1. The number of aliphatic carboxylic acids is 1. The highest BCUT2D eigenvalue weighted by atomic mass is 16.4. The number of carbonyl (C=O) groups is 4. The van der Waals surface area contributed by atoms with Crippen molar-refractivity contribution in [2.45, 2.75) is 38.6 Å². The second-order valence-electron chi connectivity index (χ2n) is 5.59. The number of nitrogens with one attached hydrogen (secondary N) is 1. The molecule has 1 aliphatic rings. The molecule has 8 heteroatoms. The Hall–Kier alpha value is -2.90. The van der Waals surface area contributed by atoms with E-state index >= 15 is 0 Å². The SMILES string of the molecule is CC(=O)N(c1cccc(NC(=O)C(=O)O)c1C(=O)O)C1CCCC1. The molecular weight excluding hydrogens is 316 g/mol. The van der Waals surface area contributed by atoms with Gasteiger partial charge in [0.1, 0.15) is 5.56 Å². The number of rotatable bonds is 4. The van der Waals surface area contributed by atoms with Crippen molar-refractivity contribution in [1.29, 1.82) is 0 Å². The molecular formula is C16H18N2O6. The summed E-state index contributed by atoms with van der Waals surface area (Å²) in [4.78, 5) is 47.3. The molecule has 1 saturated carbocycles. The molecule has 2 rings (SSSR count). The van der Waals surface area contributed by atoms with Crippen LogP contribution in [-0.2, 0) is 14.4 Å². The van der Waals surface area contributed by atoms with Gasteiger partial charge in [0, 0.05) is 13.0 Å². The first-order chi connectivity index (χ1) is 11.3.